The zero-order chi connectivity index (χ0) is 19.8. The van der Waals surface area contributed by atoms with E-state index < -0.39 is 0 Å². The highest BCUT2D eigenvalue weighted by molar-refractivity contribution is 6.31. The van der Waals surface area contributed by atoms with Gasteiger partial charge in [0.1, 0.15) is 12.4 Å². The predicted molar refractivity (Wildman–Crippen MR) is 109 cm³/mol. The molecule has 0 saturated carbocycles. The van der Waals surface area contributed by atoms with Crippen molar-refractivity contribution in [3.05, 3.63) is 63.0 Å². The Morgan fingerprint density at radius 2 is 2.07 bits per heavy atom. The summed E-state index contributed by atoms with van der Waals surface area (Å²) in [6.45, 7) is 4.61. The number of aromatic nitrogens is 2. The number of cyclic esters (lactones) is 1. The molecule has 3 heterocycles. The van der Waals surface area contributed by atoms with Crippen molar-refractivity contribution in [1.82, 2.24) is 9.97 Å². The number of ether oxygens (including phenoxy) is 1. The summed E-state index contributed by atoms with van der Waals surface area (Å²) in [5, 5.41) is 4.72. The first-order valence-corrected chi connectivity index (χ1v) is 9.30. The van der Waals surface area contributed by atoms with Crippen molar-refractivity contribution in [3.8, 4) is 0 Å². The van der Waals surface area contributed by atoms with E-state index in [1.165, 1.54) is 0 Å². The number of halogens is 1. The summed E-state index contributed by atoms with van der Waals surface area (Å²) in [6.07, 6.45) is -0.368. The first-order valence-electron chi connectivity index (χ1n) is 8.93. The molecule has 3 aromatic rings. The largest absolute Gasteiger partial charge is 0.447 e. The van der Waals surface area contributed by atoms with Gasteiger partial charge in [-0.05, 0) is 44.2 Å². The normalized spacial score (nSPS) is 15.0. The molecule has 2 aromatic heterocycles. The Labute approximate surface area is 166 Å². The van der Waals surface area contributed by atoms with Gasteiger partial charge in [-0.25, -0.2) is 9.78 Å². The lowest BCUT2D eigenvalue weighted by atomic mass is 10.1. The molecular weight excluding hydrogens is 380 g/mol. The number of carbonyl (C=O) groups is 1. The Morgan fingerprint density at radius 1 is 1.25 bits per heavy atom. The zero-order valence-electron chi connectivity index (χ0n) is 15.5. The molecule has 1 amide bonds. The molecule has 1 saturated heterocycles. The van der Waals surface area contributed by atoms with Crippen molar-refractivity contribution in [2.45, 2.75) is 19.9 Å². The fourth-order valence-corrected chi connectivity index (χ4v) is 3.50. The number of amides is 1. The van der Waals surface area contributed by atoms with Gasteiger partial charge in [-0.2, -0.15) is 0 Å². The van der Waals surface area contributed by atoms with Gasteiger partial charge in [-0.1, -0.05) is 11.6 Å². The number of benzene rings is 1. The molecule has 1 aromatic carbocycles. The van der Waals surface area contributed by atoms with Crippen molar-refractivity contribution < 1.29 is 9.53 Å². The monoisotopic (exact) mass is 398 g/mol. The summed E-state index contributed by atoms with van der Waals surface area (Å²) in [5.74, 6) is 0.577. The van der Waals surface area contributed by atoms with Gasteiger partial charge in [0.05, 0.1) is 18.3 Å². The summed E-state index contributed by atoms with van der Waals surface area (Å²) < 4.78 is 5.01. The first kappa shape index (κ1) is 18.3. The molecule has 4 rings (SSSR count). The topological polar surface area (TPSA) is 87.3 Å². The van der Waals surface area contributed by atoms with Crippen LogP contribution in [0.25, 0.3) is 10.9 Å². The van der Waals surface area contributed by atoms with Gasteiger partial charge in [0.2, 0.25) is 0 Å². The van der Waals surface area contributed by atoms with Crippen LogP contribution in [-0.2, 0) is 4.74 Å². The highest BCUT2D eigenvalue weighted by Gasteiger charge is 2.24. The quantitative estimate of drug-likeness (QED) is 0.693. The fraction of sp³-hybridized carbons (Fsp3) is 0.250. The van der Waals surface area contributed by atoms with E-state index in [1.807, 2.05) is 32.0 Å². The maximum atomic E-state index is 12.5. The molecule has 1 fully saturated rings. The Balaban J connectivity index is 1.65. The summed E-state index contributed by atoms with van der Waals surface area (Å²) in [6, 6.07) is 10.5. The van der Waals surface area contributed by atoms with Gasteiger partial charge in [0.25, 0.3) is 5.56 Å². The number of hydrogen-bond donors (Lipinski definition) is 2. The van der Waals surface area contributed by atoms with Crippen LogP contribution in [0.1, 0.15) is 24.2 Å². The van der Waals surface area contributed by atoms with Crippen molar-refractivity contribution in [3.63, 3.8) is 0 Å². The van der Waals surface area contributed by atoms with Crippen LogP contribution in [0.4, 0.5) is 16.3 Å². The molecule has 0 aliphatic carbocycles. The van der Waals surface area contributed by atoms with E-state index in [0.29, 0.717) is 35.2 Å². The van der Waals surface area contributed by atoms with E-state index >= 15 is 0 Å². The van der Waals surface area contributed by atoms with Crippen molar-refractivity contribution in [2.24, 2.45) is 0 Å². The Kier molecular flexibility index (Phi) is 4.68. The van der Waals surface area contributed by atoms with Gasteiger partial charge in [0, 0.05) is 33.2 Å². The number of aromatic amines is 1. The molecule has 144 valence electrons. The summed E-state index contributed by atoms with van der Waals surface area (Å²) in [7, 11) is 0. The van der Waals surface area contributed by atoms with Crippen LogP contribution in [0.5, 0.6) is 0 Å². The van der Waals surface area contributed by atoms with Crippen molar-refractivity contribution in [1.29, 1.82) is 0 Å². The summed E-state index contributed by atoms with van der Waals surface area (Å²) in [4.78, 5) is 33.3. The molecule has 1 atom stereocenters. The molecule has 1 aliphatic rings. The highest BCUT2D eigenvalue weighted by atomic mass is 35.5. The summed E-state index contributed by atoms with van der Waals surface area (Å²) in [5.41, 5.74) is 2.59. The van der Waals surface area contributed by atoms with Crippen LogP contribution in [0, 0.1) is 6.92 Å². The number of anilines is 2. The Morgan fingerprint density at radius 3 is 2.82 bits per heavy atom. The van der Waals surface area contributed by atoms with Gasteiger partial charge in [-0.3, -0.25) is 9.69 Å². The highest BCUT2D eigenvalue weighted by Crippen LogP contribution is 2.25. The lowest BCUT2D eigenvalue weighted by Crippen LogP contribution is -2.24. The van der Waals surface area contributed by atoms with E-state index in [0.717, 1.165) is 16.6 Å². The van der Waals surface area contributed by atoms with E-state index in [2.05, 4.69) is 15.3 Å². The smallest absolute Gasteiger partial charge is 0.414 e. The molecule has 2 N–H and O–H groups in total. The number of H-pyrrole nitrogens is 1. The van der Waals surface area contributed by atoms with Crippen LogP contribution in [-0.4, -0.2) is 29.2 Å². The molecule has 8 heteroatoms. The SMILES string of the molecule is Cc1cc(N2CCOC2=O)cc(N[C@@H](C)c2cc3cc(Cl)ccc3[nH]c2=O)n1. The third-order valence-electron chi connectivity index (χ3n) is 4.68. The molecule has 0 bridgehead atoms. The average Bonchev–Trinajstić information content (AvgIpc) is 3.07. The fourth-order valence-electron chi connectivity index (χ4n) is 3.32. The van der Waals surface area contributed by atoms with E-state index in [4.69, 9.17) is 16.3 Å². The number of rotatable bonds is 4. The standard InChI is InChI=1S/C20H19ClN4O3/c1-11-7-15(25-5-6-28-20(25)27)10-18(22-11)23-12(2)16-9-13-8-14(21)3-4-17(13)24-19(16)26/h3-4,7-10,12H,5-6H2,1-2H3,(H,22,23)(H,24,26)/t12-/m0/s1. The maximum Gasteiger partial charge on any atom is 0.414 e. The second-order valence-electron chi connectivity index (χ2n) is 6.77. The Hall–Kier alpha value is -3.06. The molecule has 0 unspecified atom stereocenters. The zero-order valence-corrected chi connectivity index (χ0v) is 16.2. The second kappa shape index (κ2) is 7.16. The number of fused-ring (bicyclic) bond motifs is 1. The first-order chi connectivity index (χ1) is 13.4. The predicted octanol–water partition coefficient (Wildman–Crippen LogP) is 4.01. The summed E-state index contributed by atoms with van der Waals surface area (Å²) >= 11 is 6.07. The van der Waals surface area contributed by atoms with Crippen LogP contribution in [0.15, 0.2) is 41.2 Å². The minimum absolute atomic E-state index is 0.175. The number of nitrogens with zero attached hydrogens (tertiary/aromatic N) is 2. The Bertz CT molecular complexity index is 1130. The van der Waals surface area contributed by atoms with E-state index in [1.54, 1.807) is 23.1 Å². The average molecular weight is 399 g/mol. The van der Waals surface area contributed by atoms with Gasteiger partial charge < -0.3 is 15.0 Å². The number of aryl methyl sites for hydroxylation is 1. The van der Waals surface area contributed by atoms with Crippen LogP contribution in [0.2, 0.25) is 5.02 Å². The second-order valence-corrected chi connectivity index (χ2v) is 7.21. The van der Waals surface area contributed by atoms with Crippen LogP contribution < -0.4 is 15.8 Å². The van der Waals surface area contributed by atoms with Crippen molar-refractivity contribution in [2.75, 3.05) is 23.4 Å². The molecule has 7 nitrogen and oxygen atoms in total. The number of pyridine rings is 2. The minimum Gasteiger partial charge on any atom is -0.447 e. The molecule has 0 radical (unpaired) electrons. The molecule has 1 aliphatic heterocycles. The van der Waals surface area contributed by atoms with Gasteiger partial charge in [0.15, 0.2) is 0 Å². The van der Waals surface area contributed by atoms with Gasteiger partial charge in [-0.15, -0.1) is 0 Å². The maximum absolute atomic E-state index is 12.5. The molecule has 0 spiro atoms. The van der Waals surface area contributed by atoms with Gasteiger partial charge >= 0.3 is 6.09 Å². The lowest BCUT2D eigenvalue weighted by molar-refractivity contribution is 0.181. The number of nitrogens with one attached hydrogen (secondary N) is 2. The third kappa shape index (κ3) is 3.53. The van der Waals surface area contributed by atoms with Crippen LogP contribution in [0.3, 0.4) is 0 Å². The number of hydrogen-bond acceptors (Lipinski definition) is 5. The van der Waals surface area contributed by atoms with Crippen LogP contribution >= 0.6 is 11.6 Å². The molecule has 28 heavy (non-hydrogen) atoms. The minimum atomic E-state index is -0.368. The third-order valence-corrected chi connectivity index (χ3v) is 4.91. The lowest BCUT2D eigenvalue weighted by Gasteiger charge is -2.18. The molecular formula is C20H19ClN4O3. The van der Waals surface area contributed by atoms with Crippen molar-refractivity contribution >= 4 is 40.1 Å². The van der Waals surface area contributed by atoms with E-state index in [9.17, 15) is 9.59 Å². The number of carbonyl (C=O) groups excluding carboxylic acids is 1. The van der Waals surface area contributed by atoms with E-state index in [-0.39, 0.29) is 17.7 Å².